The third-order valence-corrected chi connectivity index (χ3v) is 11.4. The molecule has 39 heavy (non-hydrogen) atoms. The molecule has 0 spiro atoms. The second kappa shape index (κ2) is 8.50. The number of hydrogen-bond acceptors (Lipinski definition) is 6. The molecule has 2 aliphatic heterocycles. The van der Waals surface area contributed by atoms with E-state index in [4.69, 9.17) is 18.9 Å². The van der Waals surface area contributed by atoms with Crippen molar-refractivity contribution >= 4 is 5.78 Å². The first-order chi connectivity index (χ1) is 17.9. The van der Waals surface area contributed by atoms with E-state index in [1.807, 2.05) is 47.6 Å². The zero-order chi connectivity index (χ0) is 28.4. The second-order valence-corrected chi connectivity index (χ2v) is 15.8. The molecule has 0 bridgehead atoms. The number of carbonyl (C=O) groups excluding carboxylic acids is 1. The highest BCUT2D eigenvalue weighted by Crippen LogP contribution is 2.67. The molecule has 6 aliphatic rings. The zero-order valence-corrected chi connectivity index (χ0v) is 25.6. The third-order valence-electron chi connectivity index (χ3n) is 11.4. The first-order valence-corrected chi connectivity index (χ1v) is 15.3. The maximum Gasteiger partial charge on any atom is 0.164 e. The monoisotopic (exact) mass is 542 g/mol. The van der Waals surface area contributed by atoms with Crippen LogP contribution in [0, 0.1) is 28.6 Å². The van der Waals surface area contributed by atoms with Gasteiger partial charge >= 0.3 is 0 Å². The lowest BCUT2D eigenvalue weighted by Crippen LogP contribution is -2.56. The molecular formula is C33H50O6. The SMILES string of the molecule is CC(C)(O)CC[C@@H]1OC(C)(C)O[C@]1(C)[C@H]1CC=C2C3=CC(=O)[C@@H]4C[C@H]5OC(C)(C)O[C@H]5C[C@]4(C)[C@H]3CC[C@@]21C. The molecule has 9 atom stereocenters. The Kier molecular flexibility index (Phi) is 6.12. The lowest BCUT2D eigenvalue weighted by molar-refractivity contribution is -0.177. The molecule has 1 N–H and O–H groups in total. The molecular weight excluding hydrogens is 492 g/mol. The van der Waals surface area contributed by atoms with E-state index >= 15 is 0 Å². The van der Waals surface area contributed by atoms with Gasteiger partial charge in [-0.3, -0.25) is 4.79 Å². The van der Waals surface area contributed by atoms with Gasteiger partial charge in [-0.2, -0.15) is 0 Å². The van der Waals surface area contributed by atoms with Crippen molar-refractivity contribution in [1.29, 1.82) is 0 Å². The van der Waals surface area contributed by atoms with Gasteiger partial charge in [-0.1, -0.05) is 19.9 Å². The van der Waals surface area contributed by atoms with E-state index in [1.54, 1.807) is 0 Å². The highest BCUT2D eigenvalue weighted by atomic mass is 16.8. The van der Waals surface area contributed by atoms with E-state index in [2.05, 4.69) is 26.8 Å². The number of ether oxygens (including phenoxy) is 4. The number of hydrogen-bond donors (Lipinski definition) is 1. The Morgan fingerprint density at radius 2 is 1.67 bits per heavy atom. The predicted molar refractivity (Wildman–Crippen MR) is 149 cm³/mol. The van der Waals surface area contributed by atoms with Crippen molar-refractivity contribution in [1.82, 2.24) is 0 Å². The van der Waals surface area contributed by atoms with E-state index in [0.717, 1.165) is 38.5 Å². The Balaban J connectivity index is 1.30. The van der Waals surface area contributed by atoms with Gasteiger partial charge in [-0.15, -0.1) is 0 Å². The average molecular weight is 543 g/mol. The van der Waals surface area contributed by atoms with Crippen LogP contribution in [0.4, 0.5) is 0 Å². The molecule has 4 aliphatic carbocycles. The predicted octanol–water partition coefficient (Wildman–Crippen LogP) is 6.26. The summed E-state index contributed by atoms with van der Waals surface area (Å²) >= 11 is 0. The van der Waals surface area contributed by atoms with Crippen molar-refractivity contribution in [3.8, 4) is 0 Å². The summed E-state index contributed by atoms with van der Waals surface area (Å²) < 4.78 is 25.9. The van der Waals surface area contributed by atoms with Crippen LogP contribution in [0.15, 0.2) is 23.3 Å². The van der Waals surface area contributed by atoms with Gasteiger partial charge in [0.1, 0.15) is 0 Å². The fourth-order valence-corrected chi connectivity index (χ4v) is 9.83. The molecule has 0 unspecified atom stereocenters. The van der Waals surface area contributed by atoms with E-state index in [-0.39, 0.29) is 46.8 Å². The van der Waals surface area contributed by atoms with Crippen LogP contribution in [0.1, 0.15) is 107 Å². The fourth-order valence-electron chi connectivity index (χ4n) is 9.83. The van der Waals surface area contributed by atoms with Crippen molar-refractivity contribution in [2.24, 2.45) is 28.6 Å². The van der Waals surface area contributed by atoms with Crippen LogP contribution in [-0.2, 0) is 23.7 Å². The van der Waals surface area contributed by atoms with Gasteiger partial charge in [-0.05, 0) is 127 Å². The van der Waals surface area contributed by atoms with Crippen molar-refractivity contribution in [3.63, 3.8) is 0 Å². The van der Waals surface area contributed by atoms with Crippen LogP contribution in [0.5, 0.6) is 0 Å². The van der Waals surface area contributed by atoms with Gasteiger partial charge in [0.05, 0.1) is 29.5 Å². The quantitative estimate of drug-likeness (QED) is 0.452. The zero-order valence-electron chi connectivity index (χ0n) is 25.6. The van der Waals surface area contributed by atoms with Gasteiger partial charge in [0.2, 0.25) is 0 Å². The van der Waals surface area contributed by atoms with Crippen LogP contribution >= 0.6 is 0 Å². The summed E-state index contributed by atoms with van der Waals surface area (Å²) in [7, 11) is 0. The number of aliphatic hydroxyl groups is 1. The topological polar surface area (TPSA) is 74.2 Å². The minimum atomic E-state index is -0.750. The molecule has 6 nitrogen and oxygen atoms in total. The number of carbonyl (C=O) groups is 1. The number of fused-ring (bicyclic) bond motifs is 6. The van der Waals surface area contributed by atoms with Gasteiger partial charge in [0.25, 0.3) is 0 Å². The standard InChI is InChI=1S/C33H50O6/c1-28(2,35)14-13-27-33(9,39-30(5,6)38-27)26-11-10-20-19-16-23(34)22-17-24-25(37-29(3,4)36-24)18-32(22,8)21(19)12-15-31(20,26)7/h10,16,21-22,24-27,35H,11-15,17-18H2,1-9H3/t21-,22-,24+,25-,26-,27-,31-,32+,33+/m0/s1. The van der Waals surface area contributed by atoms with Crippen LogP contribution in [0.25, 0.3) is 0 Å². The largest absolute Gasteiger partial charge is 0.390 e. The van der Waals surface area contributed by atoms with Crippen molar-refractivity contribution < 1.29 is 28.8 Å². The van der Waals surface area contributed by atoms with Gasteiger partial charge < -0.3 is 24.1 Å². The Labute approximate surface area is 234 Å². The Morgan fingerprint density at radius 3 is 2.36 bits per heavy atom. The van der Waals surface area contributed by atoms with Gasteiger partial charge in [0.15, 0.2) is 17.4 Å². The molecule has 2 saturated carbocycles. The summed E-state index contributed by atoms with van der Waals surface area (Å²) in [5, 5.41) is 10.5. The Morgan fingerprint density at radius 1 is 0.974 bits per heavy atom. The molecule has 4 fully saturated rings. The molecule has 2 saturated heterocycles. The highest BCUT2D eigenvalue weighted by molar-refractivity contribution is 5.95. The van der Waals surface area contributed by atoms with Crippen LogP contribution in [0.2, 0.25) is 0 Å². The van der Waals surface area contributed by atoms with Crippen LogP contribution in [0.3, 0.4) is 0 Å². The number of allylic oxidation sites excluding steroid dienone is 4. The first kappa shape index (κ1) is 28.1. The molecule has 0 radical (unpaired) electrons. The molecule has 0 amide bonds. The second-order valence-electron chi connectivity index (χ2n) is 15.8. The summed E-state index contributed by atoms with van der Waals surface area (Å²) in [5.41, 5.74) is 1.17. The van der Waals surface area contributed by atoms with Crippen molar-refractivity contribution in [3.05, 3.63) is 23.3 Å². The number of ketones is 1. The third kappa shape index (κ3) is 4.34. The fraction of sp³-hybridized carbons (Fsp3) is 0.848. The smallest absolute Gasteiger partial charge is 0.164 e. The highest BCUT2D eigenvalue weighted by Gasteiger charge is 2.65. The van der Waals surface area contributed by atoms with Crippen LogP contribution < -0.4 is 0 Å². The Bertz CT molecular complexity index is 1110. The van der Waals surface area contributed by atoms with Gasteiger partial charge in [0, 0.05) is 11.8 Å². The summed E-state index contributed by atoms with van der Waals surface area (Å²) in [5.74, 6) is -0.421. The molecule has 6 heteroatoms. The van der Waals surface area contributed by atoms with Crippen molar-refractivity contribution in [2.75, 3.05) is 0 Å². The lowest BCUT2D eigenvalue weighted by atomic mass is 9.48. The summed E-state index contributed by atoms with van der Waals surface area (Å²) in [6.07, 6.45) is 10.4. The minimum absolute atomic E-state index is 0.00422. The number of rotatable bonds is 4. The first-order valence-electron chi connectivity index (χ1n) is 15.3. The van der Waals surface area contributed by atoms with E-state index in [0.29, 0.717) is 12.3 Å². The minimum Gasteiger partial charge on any atom is -0.390 e. The van der Waals surface area contributed by atoms with E-state index in [1.165, 1.54) is 11.1 Å². The average Bonchev–Trinajstić information content (AvgIpc) is 3.37. The molecule has 0 aromatic rings. The van der Waals surface area contributed by atoms with Crippen LogP contribution in [-0.4, -0.2) is 52.0 Å². The molecule has 0 aromatic heterocycles. The molecule has 0 aromatic carbocycles. The lowest BCUT2D eigenvalue weighted by Gasteiger charge is -2.57. The Hall–Kier alpha value is -1.05. The summed E-state index contributed by atoms with van der Waals surface area (Å²) in [4.78, 5) is 13.8. The van der Waals surface area contributed by atoms with E-state index < -0.39 is 22.8 Å². The summed E-state index contributed by atoms with van der Waals surface area (Å²) in [6, 6.07) is 0. The summed E-state index contributed by atoms with van der Waals surface area (Å²) in [6.45, 7) is 18.7. The normalized spacial score (nSPS) is 48.1. The van der Waals surface area contributed by atoms with E-state index in [9.17, 15) is 9.90 Å². The maximum atomic E-state index is 13.8. The van der Waals surface area contributed by atoms with Crippen molar-refractivity contribution in [2.45, 2.75) is 148 Å². The molecule has 218 valence electrons. The molecule has 2 heterocycles. The molecule has 6 rings (SSSR count). The maximum absolute atomic E-state index is 13.8. The van der Waals surface area contributed by atoms with Gasteiger partial charge in [-0.25, -0.2) is 0 Å².